The van der Waals surface area contributed by atoms with Crippen molar-refractivity contribution in [1.29, 1.82) is 0 Å². The number of hydrogen-bond acceptors (Lipinski definition) is 4. The van der Waals surface area contributed by atoms with Gasteiger partial charge < -0.3 is 5.32 Å². The second-order valence-electron chi connectivity index (χ2n) is 2.17. The molecule has 69 valence electrons. The molecule has 0 saturated heterocycles. The molecule has 1 rings (SSSR count). The van der Waals surface area contributed by atoms with E-state index in [2.05, 4.69) is 26.4 Å². The first kappa shape index (κ1) is 9.54. The molecular weight excluding hydrogens is 192 g/mol. The minimum atomic E-state index is -3.77. The second kappa shape index (κ2) is 3.45. The molecule has 6 nitrogen and oxygen atoms in total. The molecule has 0 aromatic heterocycles. The normalized spacial score (nSPS) is 19.1. The monoisotopic (exact) mass is 199 g/mol. The zero-order chi connectivity index (χ0) is 9.90. The van der Waals surface area contributed by atoms with Crippen LogP contribution in [0.2, 0.25) is 0 Å². The molecule has 0 aromatic carbocycles. The van der Waals surface area contributed by atoms with Crippen molar-refractivity contribution >= 4 is 22.5 Å². The third-order valence-corrected chi connectivity index (χ3v) is 1.89. The first-order chi connectivity index (χ1) is 6.05. The van der Waals surface area contributed by atoms with Gasteiger partial charge in [-0.05, 0) is 0 Å². The summed E-state index contributed by atoms with van der Waals surface area (Å²) in [5, 5.41) is 2.61. The quantitative estimate of drug-likeness (QED) is 0.530. The Hall–Kier alpha value is -1.55. The van der Waals surface area contributed by atoms with Gasteiger partial charge in [0.25, 0.3) is 0 Å². The van der Waals surface area contributed by atoms with Crippen molar-refractivity contribution < 1.29 is 8.42 Å². The lowest BCUT2D eigenvalue weighted by Crippen LogP contribution is -2.40. The van der Waals surface area contributed by atoms with Crippen LogP contribution in [0, 0.1) is 12.3 Å². The number of nitrogens with one attached hydrogen (secondary N) is 1. The van der Waals surface area contributed by atoms with Gasteiger partial charge >= 0.3 is 10.2 Å². The second-order valence-corrected chi connectivity index (χ2v) is 3.43. The minimum absolute atomic E-state index is 0.118. The zero-order valence-corrected chi connectivity index (χ0v) is 7.67. The van der Waals surface area contributed by atoms with E-state index in [-0.39, 0.29) is 12.5 Å². The fourth-order valence-corrected chi connectivity index (χ4v) is 1.30. The van der Waals surface area contributed by atoms with Crippen molar-refractivity contribution in [1.82, 2.24) is 10.2 Å². The summed E-state index contributed by atoms with van der Waals surface area (Å²) in [5.74, 6) is 2.41. The van der Waals surface area contributed by atoms with Gasteiger partial charge in [-0.1, -0.05) is 5.92 Å². The summed E-state index contributed by atoms with van der Waals surface area (Å²) in [7, 11) is -2.21. The van der Waals surface area contributed by atoms with Crippen LogP contribution in [0.4, 0.5) is 0 Å². The molecular formula is C6H7N4O2S. The maximum Gasteiger partial charge on any atom is 0.368 e. The summed E-state index contributed by atoms with van der Waals surface area (Å²) >= 11 is 0. The highest BCUT2D eigenvalue weighted by Gasteiger charge is 2.16. The van der Waals surface area contributed by atoms with Crippen LogP contribution in [-0.2, 0) is 10.2 Å². The Morgan fingerprint density at radius 2 is 2.46 bits per heavy atom. The van der Waals surface area contributed by atoms with Crippen LogP contribution in [0.25, 0.3) is 0 Å². The van der Waals surface area contributed by atoms with Crippen LogP contribution in [0.1, 0.15) is 0 Å². The average molecular weight is 199 g/mol. The predicted octanol–water partition coefficient (Wildman–Crippen LogP) is -1.34. The first-order valence-corrected chi connectivity index (χ1v) is 4.68. The lowest BCUT2D eigenvalue weighted by molar-refractivity contribution is 0.594. The molecule has 13 heavy (non-hydrogen) atoms. The van der Waals surface area contributed by atoms with E-state index in [4.69, 9.17) is 6.42 Å². The lowest BCUT2D eigenvalue weighted by Gasteiger charge is -2.17. The van der Waals surface area contributed by atoms with Gasteiger partial charge in [0.15, 0.2) is 6.34 Å². The van der Waals surface area contributed by atoms with Crippen molar-refractivity contribution in [3.63, 3.8) is 0 Å². The zero-order valence-electron chi connectivity index (χ0n) is 6.85. The molecule has 1 aliphatic heterocycles. The van der Waals surface area contributed by atoms with Crippen molar-refractivity contribution in [3.05, 3.63) is 0 Å². The molecule has 0 saturated carbocycles. The molecule has 1 heterocycles. The first-order valence-electron chi connectivity index (χ1n) is 3.29. The molecule has 1 N–H and O–H groups in total. The average Bonchev–Trinajstić information content (AvgIpc) is 2.07. The van der Waals surface area contributed by atoms with E-state index in [9.17, 15) is 8.42 Å². The molecule has 0 bridgehead atoms. The number of nitrogens with zero attached hydrogens (tertiary/aromatic N) is 3. The third-order valence-electron chi connectivity index (χ3n) is 1.17. The van der Waals surface area contributed by atoms with Gasteiger partial charge in [-0.3, -0.25) is 4.90 Å². The Morgan fingerprint density at radius 1 is 1.77 bits per heavy atom. The van der Waals surface area contributed by atoms with Crippen molar-refractivity contribution in [3.8, 4) is 12.3 Å². The van der Waals surface area contributed by atoms with Gasteiger partial charge in [0, 0.05) is 7.05 Å². The molecule has 0 fully saturated rings. The number of guanidine groups is 1. The number of rotatable bonds is 1. The fourth-order valence-electron chi connectivity index (χ4n) is 0.632. The maximum absolute atomic E-state index is 10.8. The number of terminal acetylenes is 1. The van der Waals surface area contributed by atoms with Crippen LogP contribution in [0.3, 0.4) is 0 Å². The molecule has 1 aliphatic rings. The highest BCUT2D eigenvalue weighted by molar-refractivity contribution is 7.89. The SMILES string of the molecule is C#CCNC1=NS(=O)(=O)N=[C]N1C. The Bertz CT molecular complexity index is 389. The molecule has 0 aliphatic carbocycles. The molecule has 0 unspecified atom stereocenters. The smallest absolute Gasteiger partial charge is 0.344 e. The van der Waals surface area contributed by atoms with E-state index in [0.29, 0.717) is 0 Å². The van der Waals surface area contributed by atoms with Crippen LogP contribution < -0.4 is 5.32 Å². The highest BCUT2D eigenvalue weighted by Crippen LogP contribution is 2.00. The largest absolute Gasteiger partial charge is 0.368 e. The topological polar surface area (TPSA) is 74.1 Å². The summed E-state index contributed by atoms with van der Waals surface area (Å²) < 4.78 is 28.1. The molecule has 0 atom stereocenters. The van der Waals surface area contributed by atoms with Gasteiger partial charge in [-0.2, -0.15) is 8.42 Å². The Morgan fingerprint density at radius 3 is 3.08 bits per heavy atom. The standard InChI is InChI=1S/C6H7N4O2S/c1-3-4-7-6-9-13(11,12)8-5-10(6)2/h1H,4H2,2H3,(H,7,9). The summed E-state index contributed by atoms with van der Waals surface area (Å²) in [4.78, 5) is 1.30. The van der Waals surface area contributed by atoms with E-state index in [1.807, 2.05) is 0 Å². The van der Waals surface area contributed by atoms with Crippen molar-refractivity contribution in [2.24, 2.45) is 8.80 Å². The van der Waals surface area contributed by atoms with Crippen LogP contribution >= 0.6 is 0 Å². The molecule has 0 spiro atoms. The predicted molar refractivity (Wildman–Crippen MR) is 48.4 cm³/mol. The molecule has 0 amide bonds. The third kappa shape index (κ3) is 2.45. The van der Waals surface area contributed by atoms with Crippen molar-refractivity contribution in [2.45, 2.75) is 0 Å². The molecule has 1 radical (unpaired) electrons. The fraction of sp³-hybridized carbons (Fsp3) is 0.333. The van der Waals surface area contributed by atoms with Gasteiger partial charge in [0.1, 0.15) is 0 Å². The minimum Gasteiger partial charge on any atom is -0.344 e. The molecule has 0 aromatic rings. The van der Waals surface area contributed by atoms with Gasteiger partial charge in [0.05, 0.1) is 6.54 Å². The van der Waals surface area contributed by atoms with E-state index in [1.165, 1.54) is 4.90 Å². The van der Waals surface area contributed by atoms with Gasteiger partial charge in [-0.15, -0.1) is 15.2 Å². The van der Waals surface area contributed by atoms with Crippen LogP contribution in [0.15, 0.2) is 8.80 Å². The Labute approximate surface area is 76.6 Å². The highest BCUT2D eigenvalue weighted by atomic mass is 32.2. The van der Waals surface area contributed by atoms with E-state index < -0.39 is 10.2 Å². The van der Waals surface area contributed by atoms with Crippen LogP contribution in [0.5, 0.6) is 0 Å². The summed E-state index contributed by atoms with van der Waals surface area (Å²) in [6, 6.07) is 0. The van der Waals surface area contributed by atoms with E-state index in [1.54, 1.807) is 7.05 Å². The number of hydrogen-bond donors (Lipinski definition) is 1. The van der Waals surface area contributed by atoms with Gasteiger partial charge in [0.2, 0.25) is 5.96 Å². The summed E-state index contributed by atoms with van der Waals surface area (Å²) in [6.07, 6.45) is 7.22. The lowest BCUT2D eigenvalue weighted by atomic mass is 10.6. The van der Waals surface area contributed by atoms with Gasteiger partial charge in [-0.25, -0.2) is 0 Å². The van der Waals surface area contributed by atoms with E-state index in [0.717, 1.165) is 0 Å². The maximum atomic E-state index is 10.8. The Balaban J connectivity index is 2.84. The van der Waals surface area contributed by atoms with Crippen molar-refractivity contribution in [2.75, 3.05) is 13.6 Å². The Kier molecular flexibility index (Phi) is 2.53. The van der Waals surface area contributed by atoms with Crippen LogP contribution in [-0.4, -0.2) is 39.2 Å². The van der Waals surface area contributed by atoms with E-state index >= 15 is 0 Å². The summed E-state index contributed by atoms with van der Waals surface area (Å²) in [6.45, 7) is 0.195. The molecule has 7 heteroatoms. The summed E-state index contributed by atoms with van der Waals surface area (Å²) in [5.41, 5.74) is 0.